The molecule has 1 N–H and O–H groups in total. The first-order valence-electron chi connectivity index (χ1n) is 7.10. The van der Waals surface area contributed by atoms with E-state index < -0.39 is 0 Å². The topological polar surface area (TPSA) is 17.0 Å². The van der Waals surface area contributed by atoms with E-state index in [0.29, 0.717) is 12.1 Å². The predicted octanol–water partition coefficient (Wildman–Crippen LogP) is 3.01. The standard InChI is InChI=1S/C18H24N2/c1-11(2)19-13(5)16-8-9-17-14(6)20(12(3)4)15(7)18(17)10-16/h8-12,19H,5-7H2,1-4H3. The summed E-state index contributed by atoms with van der Waals surface area (Å²) in [5.41, 5.74) is 2.06. The first-order chi connectivity index (χ1) is 9.32. The predicted molar refractivity (Wildman–Crippen MR) is 89.9 cm³/mol. The number of hydrogen-bond acceptors (Lipinski definition) is 1. The molecule has 2 heteroatoms. The van der Waals surface area contributed by atoms with E-state index in [1.807, 2.05) is 0 Å². The lowest BCUT2D eigenvalue weighted by molar-refractivity contribution is 0.579. The van der Waals surface area contributed by atoms with Gasteiger partial charge in [-0.05, 0) is 39.3 Å². The molecular weight excluding hydrogens is 244 g/mol. The molecule has 1 heterocycles. The summed E-state index contributed by atoms with van der Waals surface area (Å²) >= 11 is 0. The highest BCUT2D eigenvalue weighted by Gasteiger charge is 2.09. The summed E-state index contributed by atoms with van der Waals surface area (Å²) in [4.78, 5) is 0. The average molecular weight is 268 g/mol. The second kappa shape index (κ2) is 5.20. The minimum absolute atomic E-state index is 0.364. The van der Waals surface area contributed by atoms with Gasteiger partial charge in [-0.15, -0.1) is 0 Å². The molecule has 1 aromatic carbocycles. The van der Waals surface area contributed by atoms with Crippen molar-refractivity contribution in [3.63, 3.8) is 0 Å². The zero-order valence-corrected chi connectivity index (χ0v) is 13.0. The van der Waals surface area contributed by atoms with E-state index in [4.69, 9.17) is 0 Å². The molecule has 0 aliphatic heterocycles. The fraction of sp³-hybridized carbons (Fsp3) is 0.333. The van der Waals surface area contributed by atoms with Crippen LogP contribution >= 0.6 is 0 Å². The summed E-state index contributed by atoms with van der Waals surface area (Å²) < 4.78 is 2.19. The third kappa shape index (κ3) is 2.38. The smallest absolute Gasteiger partial charge is 0.0420 e. The largest absolute Gasteiger partial charge is 0.383 e. The molecule has 0 saturated carbocycles. The number of aromatic nitrogens is 1. The Balaban J connectivity index is 2.61. The molecule has 1 aromatic heterocycles. The molecule has 0 atom stereocenters. The Bertz CT molecular complexity index is 748. The Labute approximate surface area is 121 Å². The van der Waals surface area contributed by atoms with Crippen LogP contribution in [0.4, 0.5) is 0 Å². The first kappa shape index (κ1) is 14.4. The third-order valence-corrected chi connectivity index (χ3v) is 3.55. The van der Waals surface area contributed by atoms with E-state index >= 15 is 0 Å². The molecule has 0 saturated heterocycles. The van der Waals surface area contributed by atoms with Crippen molar-refractivity contribution in [1.29, 1.82) is 0 Å². The van der Waals surface area contributed by atoms with Crippen molar-refractivity contribution in [2.45, 2.75) is 39.8 Å². The van der Waals surface area contributed by atoms with Crippen LogP contribution in [0.3, 0.4) is 0 Å². The number of rotatable bonds is 4. The lowest BCUT2D eigenvalue weighted by Crippen LogP contribution is -2.26. The second-order valence-corrected chi connectivity index (χ2v) is 5.90. The number of hydrogen-bond donors (Lipinski definition) is 1. The summed E-state index contributed by atoms with van der Waals surface area (Å²) in [7, 11) is 0. The van der Waals surface area contributed by atoms with E-state index in [9.17, 15) is 0 Å². The van der Waals surface area contributed by atoms with Gasteiger partial charge in [0, 0.05) is 39.3 Å². The highest BCUT2D eigenvalue weighted by Crippen LogP contribution is 2.16. The summed E-state index contributed by atoms with van der Waals surface area (Å²) in [6.07, 6.45) is 0. The minimum atomic E-state index is 0.364. The molecule has 2 rings (SSSR count). The van der Waals surface area contributed by atoms with Crippen molar-refractivity contribution in [2.75, 3.05) is 0 Å². The second-order valence-electron chi connectivity index (χ2n) is 5.90. The number of fused-ring (bicyclic) bond motifs is 1. The highest BCUT2D eigenvalue weighted by atomic mass is 15.0. The highest BCUT2D eigenvalue weighted by molar-refractivity contribution is 5.87. The molecule has 106 valence electrons. The van der Waals surface area contributed by atoms with Gasteiger partial charge in [-0.25, -0.2) is 0 Å². The monoisotopic (exact) mass is 268 g/mol. The minimum Gasteiger partial charge on any atom is -0.383 e. The summed E-state index contributed by atoms with van der Waals surface area (Å²) in [6.45, 7) is 21.1. The van der Waals surface area contributed by atoms with E-state index in [2.05, 4.69) is 75.5 Å². The Kier molecular flexibility index (Phi) is 3.76. The van der Waals surface area contributed by atoms with E-state index in [1.54, 1.807) is 0 Å². The molecule has 0 radical (unpaired) electrons. The van der Waals surface area contributed by atoms with Crippen LogP contribution in [0.15, 0.2) is 24.8 Å². The van der Waals surface area contributed by atoms with Gasteiger partial charge in [-0.2, -0.15) is 0 Å². The van der Waals surface area contributed by atoms with Gasteiger partial charge in [0.1, 0.15) is 0 Å². The van der Waals surface area contributed by atoms with Gasteiger partial charge in [-0.1, -0.05) is 31.9 Å². The molecule has 0 spiro atoms. The van der Waals surface area contributed by atoms with Gasteiger partial charge in [0.25, 0.3) is 0 Å². The Hall–Kier alpha value is -1.96. The van der Waals surface area contributed by atoms with Gasteiger partial charge in [-0.3, -0.25) is 0 Å². The summed E-state index contributed by atoms with van der Waals surface area (Å²) in [5.74, 6) is 0. The van der Waals surface area contributed by atoms with Crippen LogP contribution in [0.5, 0.6) is 0 Å². The molecule has 0 unspecified atom stereocenters. The van der Waals surface area contributed by atoms with Gasteiger partial charge in [0.2, 0.25) is 0 Å². The summed E-state index contributed by atoms with van der Waals surface area (Å²) in [5, 5.41) is 7.74. The molecule has 20 heavy (non-hydrogen) atoms. The zero-order chi connectivity index (χ0) is 15.0. The molecule has 0 fully saturated rings. The van der Waals surface area contributed by atoms with Crippen molar-refractivity contribution < 1.29 is 0 Å². The number of nitrogens with zero attached hydrogens (tertiary/aromatic N) is 1. The van der Waals surface area contributed by atoms with Crippen LogP contribution in [0.25, 0.3) is 29.6 Å². The van der Waals surface area contributed by atoms with Crippen LogP contribution in [0.2, 0.25) is 0 Å². The van der Waals surface area contributed by atoms with E-state index in [1.165, 1.54) is 5.39 Å². The lowest BCUT2D eigenvalue weighted by atomic mass is 10.1. The Morgan fingerprint density at radius 1 is 1.05 bits per heavy atom. The molecule has 0 aliphatic carbocycles. The van der Waals surface area contributed by atoms with Crippen molar-refractivity contribution in [3.8, 4) is 0 Å². The van der Waals surface area contributed by atoms with E-state index in [0.717, 1.165) is 27.3 Å². The van der Waals surface area contributed by atoms with Gasteiger partial charge in [0.15, 0.2) is 0 Å². The molecule has 0 aliphatic rings. The fourth-order valence-electron chi connectivity index (χ4n) is 2.70. The van der Waals surface area contributed by atoms with Crippen molar-refractivity contribution in [3.05, 3.63) is 41.0 Å². The fourth-order valence-corrected chi connectivity index (χ4v) is 2.70. The first-order valence-corrected chi connectivity index (χ1v) is 7.10. The molecule has 2 nitrogen and oxygen atoms in total. The zero-order valence-electron chi connectivity index (χ0n) is 13.0. The van der Waals surface area contributed by atoms with Crippen molar-refractivity contribution in [2.24, 2.45) is 0 Å². The van der Waals surface area contributed by atoms with Crippen LogP contribution in [0, 0.1) is 0 Å². The van der Waals surface area contributed by atoms with Gasteiger partial charge in [0.05, 0.1) is 0 Å². The van der Waals surface area contributed by atoms with E-state index in [-0.39, 0.29) is 0 Å². The molecule has 0 amide bonds. The number of benzene rings is 1. The van der Waals surface area contributed by atoms with Crippen molar-refractivity contribution in [1.82, 2.24) is 9.88 Å². The molecule has 2 aromatic rings. The third-order valence-electron chi connectivity index (χ3n) is 3.55. The average Bonchev–Trinajstić information content (AvgIpc) is 2.60. The van der Waals surface area contributed by atoms with Crippen LogP contribution in [-0.2, 0) is 0 Å². The van der Waals surface area contributed by atoms with Crippen LogP contribution in [-0.4, -0.2) is 10.6 Å². The lowest BCUT2D eigenvalue weighted by Gasteiger charge is -2.13. The maximum atomic E-state index is 4.23. The van der Waals surface area contributed by atoms with Gasteiger partial charge < -0.3 is 9.88 Å². The maximum absolute atomic E-state index is 4.23. The maximum Gasteiger partial charge on any atom is 0.0420 e. The van der Waals surface area contributed by atoms with Crippen molar-refractivity contribution >= 4 is 29.6 Å². The number of nitrogens with one attached hydrogen (secondary N) is 1. The van der Waals surface area contributed by atoms with Gasteiger partial charge >= 0.3 is 0 Å². The Morgan fingerprint density at radius 2 is 1.65 bits per heavy atom. The van der Waals surface area contributed by atoms with Crippen LogP contribution in [0.1, 0.15) is 39.3 Å². The van der Waals surface area contributed by atoms with Crippen LogP contribution < -0.4 is 16.0 Å². The Morgan fingerprint density at radius 3 is 2.20 bits per heavy atom. The quantitative estimate of drug-likeness (QED) is 0.902. The normalized spacial score (nSPS) is 11.5. The summed E-state index contributed by atoms with van der Waals surface area (Å²) in [6, 6.07) is 7.11. The molecule has 0 bridgehead atoms. The molecular formula is C18H24N2. The SMILES string of the molecule is C=C(NC(C)C)c1ccc2c(=C)n(C(C)C)c(=C)c2c1.